The fourth-order valence-electron chi connectivity index (χ4n) is 2.51. The minimum Gasteiger partial charge on any atom is -0.493 e. The number of ether oxygens (including phenoxy) is 1. The lowest BCUT2D eigenvalue weighted by Gasteiger charge is -2.10. The number of hydrogen-bond donors (Lipinski definition) is 1. The summed E-state index contributed by atoms with van der Waals surface area (Å²) in [5.41, 5.74) is 1.20. The minimum atomic E-state index is -4.41. The molecule has 1 aliphatic heterocycles. The van der Waals surface area contributed by atoms with Crippen molar-refractivity contribution in [3.63, 3.8) is 0 Å². The lowest BCUT2D eigenvalue weighted by atomic mass is 10.1. The Morgan fingerprint density at radius 3 is 2.78 bits per heavy atom. The molecule has 0 radical (unpaired) electrons. The highest BCUT2D eigenvalue weighted by molar-refractivity contribution is 5.92. The summed E-state index contributed by atoms with van der Waals surface area (Å²) in [5.74, 6) is 0.448. The van der Waals surface area contributed by atoms with Gasteiger partial charge in [-0.2, -0.15) is 13.2 Å². The van der Waals surface area contributed by atoms with Gasteiger partial charge in [0.1, 0.15) is 5.75 Å². The van der Waals surface area contributed by atoms with Gasteiger partial charge in [-0.15, -0.1) is 0 Å². The lowest BCUT2D eigenvalue weighted by molar-refractivity contribution is -0.137. The molecule has 2 aromatic carbocycles. The molecule has 0 spiro atoms. The molecule has 1 aliphatic rings. The average Bonchev–Trinajstić information content (AvgIpc) is 2.94. The zero-order valence-electron chi connectivity index (χ0n) is 12.1. The molecule has 120 valence electrons. The summed E-state index contributed by atoms with van der Waals surface area (Å²) in [4.78, 5) is 12.0. The van der Waals surface area contributed by atoms with Crippen LogP contribution in [0, 0.1) is 0 Å². The van der Waals surface area contributed by atoms with E-state index in [2.05, 4.69) is 5.32 Å². The topological polar surface area (TPSA) is 38.3 Å². The molecule has 6 heteroatoms. The molecule has 1 amide bonds. The first-order chi connectivity index (χ1) is 10.9. The first kappa shape index (κ1) is 15.4. The van der Waals surface area contributed by atoms with Gasteiger partial charge in [-0.05, 0) is 35.4 Å². The predicted molar refractivity (Wildman–Crippen MR) is 79.4 cm³/mol. The summed E-state index contributed by atoms with van der Waals surface area (Å²) in [6.07, 6.45) is -3.74. The summed E-state index contributed by atoms with van der Waals surface area (Å²) in [6.45, 7) is 0.622. The number of halogens is 3. The fourth-order valence-corrected chi connectivity index (χ4v) is 2.51. The molecule has 0 atom stereocenters. The van der Waals surface area contributed by atoms with E-state index in [4.69, 9.17) is 4.74 Å². The van der Waals surface area contributed by atoms with Gasteiger partial charge in [0.05, 0.1) is 18.6 Å². The van der Waals surface area contributed by atoms with Gasteiger partial charge in [-0.3, -0.25) is 4.79 Å². The summed E-state index contributed by atoms with van der Waals surface area (Å²) >= 11 is 0. The van der Waals surface area contributed by atoms with Crippen molar-refractivity contribution in [2.45, 2.75) is 19.0 Å². The molecule has 0 bridgehead atoms. The van der Waals surface area contributed by atoms with E-state index >= 15 is 0 Å². The van der Waals surface area contributed by atoms with Crippen LogP contribution in [0.15, 0.2) is 42.5 Å². The van der Waals surface area contributed by atoms with Crippen LogP contribution in [0.25, 0.3) is 0 Å². The van der Waals surface area contributed by atoms with E-state index < -0.39 is 11.7 Å². The molecule has 0 aliphatic carbocycles. The highest BCUT2D eigenvalue weighted by Crippen LogP contribution is 2.30. The van der Waals surface area contributed by atoms with Crippen LogP contribution < -0.4 is 10.1 Å². The molecule has 23 heavy (non-hydrogen) atoms. The third kappa shape index (κ3) is 3.64. The van der Waals surface area contributed by atoms with E-state index in [9.17, 15) is 18.0 Å². The Labute approximate surface area is 131 Å². The molecule has 3 nitrogen and oxygen atoms in total. The number of carbonyl (C=O) groups excluding carboxylic acids is 1. The maximum absolute atomic E-state index is 12.7. The van der Waals surface area contributed by atoms with Crippen LogP contribution in [0.2, 0.25) is 0 Å². The second kappa shape index (κ2) is 5.95. The molecule has 0 saturated carbocycles. The maximum Gasteiger partial charge on any atom is 0.416 e. The molecular weight excluding hydrogens is 307 g/mol. The van der Waals surface area contributed by atoms with Gasteiger partial charge in [0.2, 0.25) is 5.91 Å². The SMILES string of the molecule is O=C(Cc1cccc(C(F)(F)F)c1)Nc1ccc2c(c1)CCO2. The van der Waals surface area contributed by atoms with Gasteiger partial charge < -0.3 is 10.1 Å². The minimum absolute atomic E-state index is 0.114. The van der Waals surface area contributed by atoms with Crippen molar-refractivity contribution in [1.82, 2.24) is 0 Å². The highest BCUT2D eigenvalue weighted by atomic mass is 19.4. The molecule has 1 N–H and O–H groups in total. The number of hydrogen-bond acceptors (Lipinski definition) is 2. The first-order valence-corrected chi connectivity index (χ1v) is 7.13. The Bertz CT molecular complexity index is 741. The highest BCUT2D eigenvalue weighted by Gasteiger charge is 2.30. The number of anilines is 1. The summed E-state index contributed by atoms with van der Waals surface area (Å²) < 4.78 is 43.4. The van der Waals surface area contributed by atoms with Crippen LogP contribution in [-0.2, 0) is 23.8 Å². The average molecular weight is 321 g/mol. The Balaban J connectivity index is 1.68. The third-order valence-corrected chi connectivity index (χ3v) is 3.59. The van der Waals surface area contributed by atoms with Crippen LogP contribution in [0.4, 0.5) is 18.9 Å². The Morgan fingerprint density at radius 2 is 2.00 bits per heavy atom. The summed E-state index contributed by atoms with van der Waals surface area (Å²) in [6, 6.07) is 10.1. The van der Waals surface area contributed by atoms with E-state index in [0.717, 1.165) is 29.9 Å². The zero-order valence-corrected chi connectivity index (χ0v) is 12.1. The van der Waals surface area contributed by atoms with Crippen molar-refractivity contribution in [3.8, 4) is 5.75 Å². The second-order valence-electron chi connectivity index (χ2n) is 5.34. The number of fused-ring (bicyclic) bond motifs is 1. The van der Waals surface area contributed by atoms with Crippen molar-refractivity contribution in [3.05, 3.63) is 59.2 Å². The summed E-state index contributed by atoms with van der Waals surface area (Å²) in [7, 11) is 0. The zero-order chi connectivity index (χ0) is 16.4. The van der Waals surface area contributed by atoms with Gasteiger partial charge >= 0.3 is 6.18 Å². The van der Waals surface area contributed by atoms with E-state index in [1.54, 1.807) is 12.1 Å². The molecule has 0 aromatic heterocycles. The molecule has 1 heterocycles. The number of nitrogens with one attached hydrogen (secondary N) is 1. The number of amides is 1. The maximum atomic E-state index is 12.7. The van der Waals surface area contributed by atoms with E-state index in [1.165, 1.54) is 12.1 Å². The van der Waals surface area contributed by atoms with Crippen molar-refractivity contribution in [1.29, 1.82) is 0 Å². The smallest absolute Gasteiger partial charge is 0.416 e. The number of carbonyl (C=O) groups is 1. The van der Waals surface area contributed by atoms with Crippen molar-refractivity contribution < 1.29 is 22.7 Å². The molecular formula is C17H14F3NO2. The molecule has 0 saturated heterocycles. The van der Waals surface area contributed by atoms with Crippen molar-refractivity contribution in [2.24, 2.45) is 0 Å². The van der Waals surface area contributed by atoms with Crippen molar-refractivity contribution >= 4 is 11.6 Å². The monoisotopic (exact) mass is 321 g/mol. The molecule has 2 aromatic rings. The predicted octanol–water partition coefficient (Wildman–Crippen LogP) is 3.82. The molecule has 0 fully saturated rings. The van der Waals surface area contributed by atoms with Crippen LogP contribution in [0.1, 0.15) is 16.7 Å². The standard InChI is InChI=1S/C17H14F3NO2/c18-17(19,20)13-3-1-2-11(8-13)9-16(22)21-14-4-5-15-12(10-14)6-7-23-15/h1-5,8,10H,6-7,9H2,(H,21,22). The third-order valence-electron chi connectivity index (χ3n) is 3.59. The lowest BCUT2D eigenvalue weighted by Crippen LogP contribution is -2.15. The quantitative estimate of drug-likeness (QED) is 0.933. The summed E-state index contributed by atoms with van der Waals surface area (Å²) in [5, 5.41) is 2.70. The number of rotatable bonds is 3. The van der Waals surface area contributed by atoms with Gasteiger partial charge in [-0.1, -0.05) is 18.2 Å². The fraction of sp³-hybridized carbons (Fsp3) is 0.235. The largest absolute Gasteiger partial charge is 0.493 e. The van der Waals surface area contributed by atoms with E-state index in [-0.39, 0.29) is 12.3 Å². The Morgan fingerprint density at radius 1 is 1.17 bits per heavy atom. The van der Waals surface area contributed by atoms with Gasteiger partial charge in [0.15, 0.2) is 0 Å². The number of benzene rings is 2. The van der Waals surface area contributed by atoms with Crippen LogP contribution in [0.5, 0.6) is 5.75 Å². The van der Waals surface area contributed by atoms with Gasteiger partial charge in [0.25, 0.3) is 0 Å². The van der Waals surface area contributed by atoms with Crippen LogP contribution in [-0.4, -0.2) is 12.5 Å². The molecule has 3 rings (SSSR count). The molecule has 0 unspecified atom stereocenters. The van der Waals surface area contributed by atoms with Gasteiger partial charge in [0, 0.05) is 12.1 Å². The second-order valence-corrected chi connectivity index (χ2v) is 5.34. The van der Waals surface area contributed by atoms with Gasteiger partial charge in [-0.25, -0.2) is 0 Å². The Kier molecular flexibility index (Phi) is 3.98. The Hall–Kier alpha value is -2.50. The van der Waals surface area contributed by atoms with E-state index in [0.29, 0.717) is 17.9 Å². The number of alkyl halides is 3. The first-order valence-electron chi connectivity index (χ1n) is 7.13. The van der Waals surface area contributed by atoms with Crippen LogP contribution in [0.3, 0.4) is 0 Å². The van der Waals surface area contributed by atoms with E-state index in [1.807, 2.05) is 6.07 Å². The van der Waals surface area contributed by atoms with Crippen molar-refractivity contribution in [2.75, 3.05) is 11.9 Å². The van der Waals surface area contributed by atoms with Crippen LogP contribution >= 0.6 is 0 Å². The normalized spacial score (nSPS) is 13.3.